The largest absolute Gasteiger partial charge is 0.305 e. The molecule has 0 amide bonds. The number of rotatable bonds is 5. The van der Waals surface area contributed by atoms with E-state index in [4.69, 9.17) is 16.6 Å². The molecule has 0 radical (unpaired) electrons. The van der Waals surface area contributed by atoms with Gasteiger partial charge < -0.3 is 4.90 Å². The zero-order valence-electron chi connectivity index (χ0n) is 14.7. The summed E-state index contributed by atoms with van der Waals surface area (Å²) >= 11 is 6.30. The van der Waals surface area contributed by atoms with Gasteiger partial charge in [-0.1, -0.05) is 24.9 Å². The van der Waals surface area contributed by atoms with Gasteiger partial charge in [-0.3, -0.25) is 10.0 Å². The Bertz CT molecular complexity index is 898. The molecule has 4 heterocycles. The molecule has 2 aromatic rings. The molecule has 2 aromatic heterocycles. The standard InChI is InChI=1S/C18H20ClN7/c1-3-5-16-15(21-11-17-24(2)23-12-25(16)17)10-13-7-9-22-26(13)18-14(19)6-4-8-20-18/h4,6-9,11-12,17H,3,5,10H2,1-2H3. The number of pyridine rings is 1. The molecule has 2 aliphatic rings. The SMILES string of the molecule is CCCC1=C(Cc2ccnn2-c2ncccc2Cl)N=CC2N(C)N=CN12. The number of allylic oxidation sites excluding steroid dienone is 2. The highest BCUT2D eigenvalue weighted by Gasteiger charge is 2.31. The summed E-state index contributed by atoms with van der Waals surface area (Å²) in [5.74, 6) is 0.631. The van der Waals surface area contributed by atoms with E-state index in [2.05, 4.69) is 27.0 Å². The minimum absolute atomic E-state index is 0.0652. The fourth-order valence-electron chi connectivity index (χ4n) is 3.25. The maximum absolute atomic E-state index is 6.30. The van der Waals surface area contributed by atoms with Gasteiger partial charge in [0.25, 0.3) is 0 Å². The van der Waals surface area contributed by atoms with E-state index in [1.54, 1.807) is 17.1 Å². The van der Waals surface area contributed by atoms with E-state index < -0.39 is 0 Å². The summed E-state index contributed by atoms with van der Waals surface area (Å²) in [6, 6.07) is 5.61. The molecule has 0 fully saturated rings. The minimum atomic E-state index is 0.0652. The molecule has 2 aliphatic heterocycles. The lowest BCUT2D eigenvalue weighted by atomic mass is 10.1. The smallest absolute Gasteiger partial charge is 0.172 e. The van der Waals surface area contributed by atoms with E-state index in [9.17, 15) is 0 Å². The highest BCUT2D eigenvalue weighted by molar-refractivity contribution is 6.32. The van der Waals surface area contributed by atoms with Crippen LogP contribution >= 0.6 is 11.6 Å². The first-order valence-corrected chi connectivity index (χ1v) is 9.02. The van der Waals surface area contributed by atoms with Gasteiger partial charge in [0.05, 0.1) is 16.4 Å². The number of halogens is 1. The van der Waals surface area contributed by atoms with Crippen molar-refractivity contribution < 1.29 is 0 Å². The molecular formula is C18H20ClN7. The number of aliphatic imine (C=N–C) groups is 1. The minimum Gasteiger partial charge on any atom is -0.305 e. The molecule has 0 spiro atoms. The average molecular weight is 370 g/mol. The summed E-state index contributed by atoms with van der Waals surface area (Å²) < 4.78 is 1.78. The normalized spacial score (nSPS) is 18.8. The van der Waals surface area contributed by atoms with Crippen LogP contribution in [-0.4, -0.2) is 50.4 Å². The van der Waals surface area contributed by atoms with Gasteiger partial charge in [-0.15, -0.1) is 0 Å². The molecule has 0 saturated heterocycles. The summed E-state index contributed by atoms with van der Waals surface area (Å²) in [6.45, 7) is 2.17. The van der Waals surface area contributed by atoms with Gasteiger partial charge in [0, 0.05) is 37.8 Å². The van der Waals surface area contributed by atoms with Crippen LogP contribution in [0.25, 0.3) is 5.82 Å². The second-order valence-corrected chi connectivity index (χ2v) is 6.67. The summed E-state index contributed by atoms with van der Waals surface area (Å²) in [5.41, 5.74) is 3.22. The van der Waals surface area contributed by atoms with Crippen molar-refractivity contribution in [3.05, 3.63) is 52.7 Å². The van der Waals surface area contributed by atoms with E-state index in [0.29, 0.717) is 17.3 Å². The van der Waals surface area contributed by atoms with Crippen LogP contribution in [-0.2, 0) is 6.42 Å². The molecule has 26 heavy (non-hydrogen) atoms. The second kappa shape index (κ2) is 6.92. The van der Waals surface area contributed by atoms with Gasteiger partial charge in [0.1, 0.15) is 6.34 Å². The molecular weight excluding hydrogens is 350 g/mol. The van der Waals surface area contributed by atoms with E-state index in [1.807, 2.05) is 42.8 Å². The van der Waals surface area contributed by atoms with Crippen LogP contribution in [0.15, 0.2) is 52.1 Å². The summed E-state index contributed by atoms with van der Waals surface area (Å²) in [5, 5.41) is 11.3. The summed E-state index contributed by atoms with van der Waals surface area (Å²) in [7, 11) is 1.96. The number of fused-ring (bicyclic) bond motifs is 1. The molecule has 1 atom stereocenters. The molecule has 7 nitrogen and oxygen atoms in total. The van der Waals surface area contributed by atoms with Gasteiger partial charge in [0.2, 0.25) is 0 Å². The number of aromatic nitrogens is 3. The van der Waals surface area contributed by atoms with E-state index in [1.165, 1.54) is 5.70 Å². The maximum atomic E-state index is 6.30. The molecule has 4 rings (SSSR count). The Balaban J connectivity index is 1.69. The summed E-state index contributed by atoms with van der Waals surface area (Å²) in [6.07, 6.45) is 10.0. The van der Waals surface area contributed by atoms with Crippen molar-refractivity contribution in [1.29, 1.82) is 0 Å². The second-order valence-electron chi connectivity index (χ2n) is 6.27. The van der Waals surface area contributed by atoms with Crippen molar-refractivity contribution in [1.82, 2.24) is 24.7 Å². The third-order valence-corrected chi connectivity index (χ3v) is 4.83. The highest BCUT2D eigenvalue weighted by Crippen LogP contribution is 2.29. The summed E-state index contributed by atoms with van der Waals surface area (Å²) in [4.78, 5) is 11.3. The van der Waals surface area contributed by atoms with Crippen LogP contribution in [0.3, 0.4) is 0 Å². The monoisotopic (exact) mass is 369 g/mol. The van der Waals surface area contributed by atoms with Crippen molar-refractivity contribution in [3.8, 4) is 5.82 Å². The van der Waals surface area contributed by atoms with Gasteiger partial charge in [-0.2, -0.15) is 10.2 Å². The van der Waals surface area contributed by atoms with Crippen LogP contribution in [0.4, 0.5) is 0 Å². The fourth-order valence-corrected chi connectivity index (χ4v) is 3.45. The van der Waals surface area contributed by atoms with Gasteiger partial charge in [-0.25, -0.2) is 9.67 Å². The molecule has 0 aliphatic carbocycles. The lowest BCUT2D eigenvalue weighted by Gasteiger charge is -2.31. The first kappa shape index (κ1) is 16.8. The molecule has 1 unspecified atom stereocenters. The van der Waals surface area contributed by atoms with Gasteiger partial charge in [0.15, 0.2) is 12.0 Å². The van der Waals surface area contributed by atoms with Crippen LogP contribution in [0, 0.1) is 0 Å². The van der Waals surface area contributed by atoms with Crippen LogP contribution in [0.5, 0.6) is 0 Å². The Hall–Kier alpha value is -2.67. The van der Waals surface area contributed by atoms with Crippen molar-refractivity contribution in [2.24, 2.45) is 10.1 Å². The highest BCUT2D eigenvalue weighted by atomic mass is 35.5. The Morgan fingerprint density at radius 1 is 1.23 bits per heavy atom. The number of hydrogen-bond donors (Lipinski definition) is 0. The van der Waals surface area contributed by atoms with Crippen LogP contribution in [0.1, 0.15) is 25.5 Å². The zero-order valence-corrected chi connectivity index (χ0v) is 15.5. The predicted molar refractivity (Wildman–Crippen MR) is 102 cm³/mol. The predicted octanol–water partition coefficient (Wildman–Crippen LogP) is 3.08. The van der Waals surface area contributed by atoms with Crippen molar-refractivity contribution >= 4 is 24.2 Å². The van der Waals surface area contributed by atoms with E-state index >= 15 is 0 Å². The molecule has 0 aromatic carbocycles. The Morgan fingerprint density at radius 2 is 2.12 bits per heavy atom. The van der Waals surface area contributed by atoms with Crippen LogP contribution in [0.2, 0.25) is 5.02 Å². The molecule has 134 valence electrons. The Kier molecular flexibility index (Phi) is 4.46. The third-order valence-electron chi connectivity index (χ3n) is 4.53. The van der Waals surface area contributed by atoms with Gasteiger partial charge >= 0.3 is 0 Å². The lowest BCUT2D eigenvalue weighted by Crippen LogP contribution is -2.41. The lowest BCUT2D eigenvalue weighted by molar-refractivity contribution is 0.246. The quantitative estimate of drug-likeness (QED) is 0.812. The zero-order chi connectivity index (χ0) is 18.1. The van der Waals surface area contributed by atoms with Gasteiger partial charge in [-0.05, 0) is 24.6 Å². The van der Waals surface area contributed by atoms with Crippen molar-refractivity contribution in [3.63, 3.8) is 0 Å². The Labute approximate surface area is 157 Å². The number of nitrogens with zero attached hydrogens (tertiary/aromatic N) is 7. The number of hydrazone groups is 1. The Morgan fingerprint density at radius 3 is 2.92 bits per heavy atom. The first-order chi connectivity index (χ1) is 12.7. The number of hydrogen-bond acceptors (Lipinski definition) is 6. The third kappa shape index (κ3) is 2.88. The van der Waals surface area contributed by atoms with Crippen molar-refractivity contribution in [2.75, 3.05) is 7.05 Å². The first-order valence-electron chi connectivity index (χ1n) is 8.64. The fraction of sp³-hybridized carbons (Fsp3) is 0.333. The average Bonchev–Trinajstić information content (AvgIpc) is 3.25. The van der Waals surface area contributed by atoms with Crippen molar-refractivity contribution in [2.45, 2.75) is 32.4 Å². The molecule has 0 bridgehead atoms. The topological polar surface area (TPSA) is 61.9 Å². The molecule has 0 N–H and O–H groups in total. The van der Waals surface area contributed by atoms with E-state index in [0.717, 1.165) is 24.2 Å². The van der Waals surface area contributed by atoms with Crippen LogP contribution < -0.4 is 0 Å². The molecule has 8 heteroatoms. The maximum Gasteiger partial charge on any atom is 0.172 e. The van der Waals surface area contributed by atoms with E-state index in [-0.39, 0.29) is 6.17 Å². The molecule has 0 saturated carbocycles.